The van der Waals surface area contributed by atoms with Gasteiger partial charge in [0.25, 0.3) is 0 Å². The van der Waals surface area contributed by atoms with Gasteiger partial charge < -0.3 is 5.11 Å². The third-order valence-electron chi connectivity index (χ3n) is 3.36. The van der Waals surface area contributed by atoms with Gasteiger partial charge >= 0.3 is 0 Å². The van der Waals surface area contributed by atoms with Crippen LogP contribution in [-0.4, -0.2) is 17.0 Å². The molecule has 0 unspecified atom stereocenters. The molecule has 0 bridgehead atoms. The fourth-order valence-corrected chi connectivity index (χ4v) is 1.94. The van der Waals surface area contributed by atoms with Crippen molar-refractivity contribution in [3.05, 3.63) is 36.5 Å². The maximum absolute atomic E-state index is 11.7. The summed E-state index contributed by atoms with van der Waals surface area (Å²) >= 11 is 0. The van der Waals surface area contributed by atoms with Crippen molar-refractivity contribution >= 4 is 5.78 Å². The van der Waals surface area contributed by atoms with Gasteiger partial charge in [-0.1, -0.05) is 44.7 Å². The van der Waals surface area contributed by atoms with Crippen molar-refractivity contribution in [1.29, 1.82) is 0 Å². The molecule has 0 radical (unpaired) electrons. The predicted octanol–water partition coefficient (Wildman–Crippen LogP) is 3.04. The molecule has 0 aliphatic heterocycles. The van der Waals surface area contributed by atoms with E-state index in [-0.39, 0.29) is 11.7 Å². The van der Waals surface area contributed by atoms with Gasteiger partial charge in [-0.2, -0.15) is 0 Å². The van der Waals surface area contributed by atoms with E-state index >= 15 is 0 Å². The van der Waals surface area contributed by atoms with Crippen molar-refractivity contribution in [2.24, 2.45) is 11.8 Å². The fraction of sp³-hybridized carbons (Fsp3) is 0.533. The van der Waals surface area contributed by atoms with E-state index in [0.29, 0.717) is 30.8 Å². The van der Waals surface area contributed by atoms with Crippen molar-refractivity contribution in [3.8, 4) is 0 Å². The van der Waals surface area contributed by atoms with Crippen LogP contribution in [0.2, 0.25) is 0 Å². The second-order valence-corrected chi connectivity index (χ2v) is 5.13. The Bertz CT molecular complexity index is 350. The summed E-state index contributed by atoms with van der Waals surface area (Å²) in [7, 11) is 0. The first kappa shape index (κ1) is 13.9. The minimum Gasteiger partial charge on any atom is -0.388 e. The summed E-state index contributed by atoms with van der Waals surface area (Å²) in [5.74, 6) is 0.636. The number of carbonyl (C=O) groups excluding carboxylic acids is 1. The molecule has 0 aromatic rings. The van der Waals surface area contributed by atoms with Crippen LogP contribution < -0.4 is 0 Å². The minimum absolute atomic E-state index is 0.0449. The Kier molecular flexibility index (Phi) is 4.88. The van der Waals surface area contributed by atoms with Crippen LogP contribution in [-0.2, 0) is 4.79 Å². The molecular formula is C15H22O2. The monoisotopic (exact) mass is 234 g/mol. The van der Waals surface area contributed by atoms with Gasteiger partial charge in [0.15, 0.2) is 5.78 Å². The van der Waals surface area contributed by atoms with E-state index in [4.69, 9.17) is 0 Å². The molecule has 1 N–H and O–H groups in total. The number of hydrogen-bond donors (Lipinski definition) is 1. The van der Waals surface area contributed by atoms with E-state index in [0.717, 1.165) is 5.57 Å². The lowest BCUT2D eigenvalue weighted by Gasteiger charge is -2.23. The topological polar surface area (TPSA) is 37.3 Å². The summed E-state index contributed by atoms with van der Waals surface area (Å²) in [5, 5.41) is 9.98. The minimum atomic E-state index is -0.717. The molecule has 1 aliphatic rings. The molecule has 2 nitrogen and oxygen atoms in total. The van der Waals surface area contributed by atoms with Crippen LogP contribution in [0.4, 0.5) is 0 Å². The van der Waals surface area contributed by atoms with Gasteiger partial charge in [-0.25, -0.2) is 0 Å². The highest BCUT2D eigenvalue weighted by Crippen LogP contribution is 2.25. The van der Waals surface area contributed by atoms with Crippen LogP contribution >= 0.6 is 0 Å². The van der Waals surface area contributed by atoms with Gasteiger partial charge in [-0.15, -0.1) is 0 Å². The summed E-state index contributed by atoms with van der Waals surface area (Å²) in [4.78, 5) is 11.7. The van der Waals surface area contributed by atoms with E-state index in [1.165, 1.54) is 0 Å². The van der Waals surface area contributed by atoms with Gasteiger partial charge in [-0.3, -0.25) is 4.79 Å². The van der Waals surface area contributed by atoms with Crippen molar-refractivity contribution in [2.75, 3.05) is 0 Å². The first-order chi connectivity index (χ1) is 7.91. The number of hydrogen-bond acceptors (Lipinski definition) is 2. The Balaban J connectivity index is 2.91. The van der Waals surface area contributed by atoms with Gasteiger partial charge in [0.05, 0.1) is 6.10 Å². The normalized spacial score (nSPS) is 29.5. The van der Waals surface area contributed by atoms with Gasteiger partial charge in [0, 0.05) is 12.0 Å². The molecule has 94 valence electrons. The van der Waals surface area contributed by atoms with Crippen LogP contribution in [0.25, 0.3) is 0 Å². The molecule has 0 fully saturated rings. The van der Waals surface area contributed by atoms with E-state index in [9.17, 15) is 9.90 Å². The fourth-order valence-electron chi connectivity index (χ4n) is 1.94. The lowest BCUT2D eigenvalue weighted by molar-refractivity contribution is -0.116. The number of Topliss-reactive ketones (excluding diaryl/α,β-unsaturated/α-hetero) is 1. The highest BCUT2D eigenvalue weighted by atomic mass is 16.3. The van der Waals surface area contributed by atoms with Gasteiger partial charge in [0.2, 0.25) is 0 Å². The summed E-state index contributed by atoms with van der Waals surface area (Å²) < 4.78 is 0. The van der Waals surface area contributed by atoms with Gasteiger partial charge in [0.1, 0.15) is 0 Å². The molecule has 1 rings (SSSR count). The third kappa shape index (κ3) is 3.97. The second-order valence-electron chi connectivity index (χ2n) is 5.13. The molecule has 0 amide bonds. The Hall–Kier alpha value is -1.15. The maximum Gasteiger partial charge on any atom is 0.161 e. The van der Waals surface area contributed by atoms with Crippen molar-refractivity contribution in [1.82, 2.24) is 0 Å². The first-order valence-corrected chi connectivity index (χ1v) is 6.18. The average molecular weight is 234 g/mol. The maximum atomic E-state index is 11.7. The largest absolute Gasteiger partial charge is 0.388 e. The van der Waals surface area contributed by atoms with E-state index in [1.54, 1.807) is 0 Å². The zero-order valence-corrected chi connectivity index (χ0v) is 10.8. The summed E-state index contributed by atoms with van der Waals surface area (Å²) in [6.07, 6.45) is 4.97. The Morgan fingerprint density at radius 2 is 2.00 bits per heavy atom. The number of carbonyl (C=O) groups is 1. The van der Waals surface area contributed by atoms with Crippen LogP contribution in [0, 0.1) is 11.8 Å². The van der Waals surface area contributed by atoms with Crippen LogP contribution in [0.1, 0.15) is 33.1 Å². The molecule has 2 heteroatoms. The molecule has 0 heterocycles. The van der Waals surface area contributed by atoms with Crippen LogP contribution in [0.3, 0.4) is 0 Å². The first-order valence-electron chi connectivity index (χ1n) is 6.18. The quantitative estimate of drug-likeness (QED) is 0.708. The lowest BCUT2D eigenvalue weighted by Crippen LogP contribution is -2.23. The van der Waals surface area contributed by atoms with Gasteiger partial charge in [-0.05, 0) is 24.7 Å². The summed E-state index contributed by atoms with van der Waals surface area (Å²) in [6.45, 7) is 11.9. The number of aliphatic hydroxyl groups excluding tert-OH is 1. The summed E-state index contributed by atoms with van der Waals surface area (Å²) in [6, 6.07) is 0. The van der Waals surface area contributed by atoms with Crippen molar-refractivity contribution in [3.63, 3.8) is 0 Å². The molecule has 0 saturated heterocycles. The number of ketones is 1. The van der Waals surface area contributed by atoms with Crippen LogP contribution in [0.15, 0.2) is 36.5 Å². The standard InChI is InChI=1S/C15H22O2/c1-10(2)13-7-5-11(3)6-8-14(16)12(4)15(17)9-13/h5,7,10,13,15,17H,3-4,6,8-9H2,1-2H3/b7-5+/t13-,15-/m0/s1. The number of aliphatic hydroxyl groups is 1. The SMILES string of the molecule is C=C1/C=C/[C@H](C(C)C)C[C@H](O)C(=C)C(=O)CC1. The Morgan fingerprint density at radius 1 is 1.35 bits per heavy atom. The zero-order chi connectivity index (χ0) is 13.0. The van der Waals surface area contributed by atoms with Crippen LogP contribution in [0.5, 0.6) is 0 Å². The second kappa shape index (κ2) is 5.97. The Labute approximate surface area is 104 Å². The molecule has 0 aromatic heterocycles. The van der Waals surface area contributed by atoms with E-state index < -0.39 is 6.10 Å². The van der Waals surface area contributed by atoms with E-state index in [1.807, 2.05) is 6.08 Å². The summed E-state index contributed by atoms with van der Waals surface area (Å²) in [5.41, 5.74) is 1.31. The molecule has 2 atom stereocenters. The van der Waals surface area contributed by atoms with Crippen molar-refractivity contribution < 1.29 is 9.90 Å². The molecular weight excluding hydrogens is 212 g/mol. The number of allylic oxidation sites excluding steroid dienone is 3. The highest BCUT2D eigenvalue weighted by Gasteiger charge is 2.22. The zero-order valence-electron chi connectivity index (χ0n) is 10.8. The highest BCUT2D eigenvalue weighted by molar-refractivity contribution is 5.95. The molecule has 0 spiro atoms. The smallest absolute Gasteiger partial charge is 0.161 e. The molecule has 17 heavy (non-hydrogen) atoms. The predicted molar refractivity (Wildman–Crippen MR) is 70.6 cm³/mol. The molecule has 1 aliphatic carbocycles. The lowest BCUT2D eigenvalue weighted by atomic mass is 9.85. The van der Waals surface area contributed by atoms with E-state index in [2.05, 4.69) is 33.1 Å². The third-order valence-corrected chi connectivity index (χ3v) is 3.36. The average Bonchev–Trinajstić information content (AvgIpc) is 2.28. The van der Waals surface area contributed by atoms with Crippen molar-refractivity contribution in [2.45, 2.75) is 39.2 Å². The Morgan fingerprint density at radius 3 is 2.59 bits per heavy atom. The molecule has 0 aromatic carbocycles. The number of rotatable bonds is 1. The molecule has 0 saturated carbocycles.